The fraction of sp³-hybridized carbons (Fsp3) is 0.500. The third-order valence-electron chi connectivity index (χ3n) is 3.90. The van der Waals surface area contributed by atoms with Crippen molar-refractivity contribution in [3.63, 3.8) is 0 Å². The first-order chi connectivity index (χ1) is 8.88. The topological polar surface area (TPSA) is 41.3 Å². The summed E-state index contributed by atoms with van der Waals surface area (Å²) < 4.78 is 5.70. The lowest BCUT2D eigenvalue weighted by molar-refractivity contribution is 0.325. The van der Waals surface area contributed by atoms with Crippen molar-refractivity contribution in [2.24, 2.45) is 0 Å². The molecule has 1 atom stereocenters. The molecule has 1 aliphatic carbocycles. The highest BCUT2D eigenvalue weighted by Crippen LogP contribution is 2.30. The number of para-hydroxylation sites is 2. The van der Waals surface area contributed by atoms with E-state index in [9.17, 15) is 0 Å². The number of hydrogen-bond acceptors (Lipinski definition) is 4. The first kappa shape index (κ1) is 10.4. The van der Waals surface area contributed by atoms with Gasteiger partial charge in [-0.05, 0) is 31.4 Å². The molecule has 1 N–H and O–H groups in total. The zero-order chi connectivity index (χ0) is 11.9. The van der Waals surface area contributed by atoms with E-state index in [2.05, 4.69) is 15.2 Å². The maximum Gasteiger partial charge on any atom is 0.295 e. The van der Waals surface area contributed by atoms with Crippen LogP contribution in [0.2, 0.25) is 0 Å². The minimum absolute atomic E-state index is 0.485. The van der Waals surface area contributed by atoms with Gasteiger partial charge in [-0.3, -0.25) is 4.90 Å². The zero-order valence-corrected chi connectivity index (χ0v) is 10.3. The quantitative estimate of drug-likeness (QED) is 0.899. The van der Waals surface area contributed by atoms with Gasteiger partial charge in [-0.1, -0.05) is 12.1 Å². The molecule has 0 unspecified atom stereocenters. The number of hydrogen-bond donors (Lipinski definition) is 1. The van der Waals surface area contributed by atoms with Crippen LogP contribution in [-0.4, -0.2) is 35.1 Å². The van der Waals surface area contributed by atoms with Crippen LogP contribution in [0.1, 0.15) is 19.3 Å². The molecular formula is C14H17N3O. The highest BCUT2D eigenvalue weighted by atomic mass is 16.4. The molecule has 2 heterocycles. The van der Waals surface area contributed by atoms with Gasteiger partial charge >= 0.3 is 0 Å². The highest BCUT2D eigenvalue weighted by molar-refractivity contribution is 5.74. The average molecular weight is 243 g/mol. The van der Waals surface area contributed by atoms with Crippen LogP contribution in [0.25, 0.3) is 11.1 Å². The van der Waals surface area contributed by atoms with Gasteiger partial charge in [0.1, 0.15) is 5.52 Å². The standard InChI is InChI=1S/C14H17N3O/c1-2-4-13-12(3-1)16-14(18-13)15-10-7-8-17(9-10)11-5-6-11/h1-4,10-11H,5-9H2,(H,15,16)/t10-/m0/s1. The Morgan fingerprint density at radius 1 is 1.22 bits per heavy atom. The van der Waals surface area contributed by atoms with Crippen LogP contribution in [0.4, 0.5) is 6.01 Å². The molecule has 1 aromatic heterocycles. The van der Waals surface area contributed by atoms with Gasteiger partial charge in [-0.15, -0.1) is 0 Å². The van der Waals surface area contributed by atoms with Crippen LogP contribution >= 0.6 is 0 Å². The normalized spacial score (nSPS) is 24.8. The average Bonchev–Trinajstić information content (AvgIpc) is 2.99. The molecule has 2 aromatic rings. The maximum absolute atomic E-state index is 5.70. The summed E-state index contributed by atoms with van der Waals surface area (Å²) in [5.74, 6) is 0. The number of aromatic nitrogens is 1. The Morgan fingerprint density at radius 3 is 2.94 bits per heavy atom. The third kappa shape index (κ3) is 1.86. The Bertz CT molecular complexity index is 528. The predicted octanol–water partition coefficient (Wildman–Crippen LogP) is 2.48. The zero-order valence-electron chi connectivity index (χ0n) is 10.3. The molecule has 4 rings (SSSR count). The van der Waals surface area contributed by atoms with Crippen molar-refractivity contribution in [3.8, 4) is 0 Å². The van der Waals surface area contributed by atoms with Crippen molar-refractivity contribution in [2.45, 2.75) is 31.3 Å². The number of nitrogens with one attached hydrogen (secondary N) is 1. The van der Waals surface area contributed by atoms with E-state index in [1.54, 1.807) is 0 Å². The van der Waals surface area contributed by atoms with Gasteiger partial charge in [-0.25, -0.2) is 0 Å². The number of likely N-dealkylation sites (tertiary alicyclic amines) is 1. The molecule has 1 saturated heterocycles. The van der Waals surface area contributed by atoms with Crippen LogP contribution in [0, 0.1) is 0 Å². The Kier molecular flexibility index (Phi) is 2.30. The molecule has 1 aliphatic heterocycles. The summed E-state index contributed by atoms with van der Waals surface area (Å²) in [6.07, 6.45) is 3.96. The second-order valence-electron chi connectivity index (χ2n) is 5.34. The van der Waals surface area contributed by atoms with E-state index in [-0.39, 0.29) is 0 Å². The Labute approximate surface area is 106 Å². The summed E-state index contributed by atoms with van der Waals surface area (Å²) in [6, 6.07) is 9.91. The second kappa shape index (κ2) is 3.99. The number of oxazole rings is 1. The molecule has 4 nitrogen and oxygen atoms in total. The molecule has 0 bridgehead atoms. The number of benzene rings is 1. The molecular weight excluding hydrogens is 226 g/mol. The number of rotatable bonds is 3. The van der Waals surface area contributed by atoms with E-state index in [1.807, 2.05) is 24.3 Å². The lowest BCUT2D eigenvalue weighted by Crippen LogP contribution is -2.27. The first-order valence-corrected chi connectivity index (χ1v) is 6.75. The summed E-state index contributed by atoms with van der Waals surface area (Å²) in [7, 11) is 0. The van der Waals surface area contributed by atoms with Gasteiger partial charge in [0.2, 0.25) is 0 Å². The Hall–Kier alpha value is -1.55. The molecule has 2 aliphatic rings. The fourth-order valence-electron chi connectivity index (χ4n) is 2.79. The largest absolute Gasteiger partial charge is 0.424 e. The van der Waals surface area contributed by atoms with Gasteiger partial charge in [0.25, 0.3) is 6.01 Å². The van der Waals surface area contributed by atoms with Crippen LogP contribution in [0.15, 0.2) is 28.7 Å². The molecule has 0 radical (unpaired) electrons. The minimum Gasteiger partial charge on any atom is -0.424 e. The molecule has 0 spiro atoms. The third-order valence-corrected chi connectivity index (χ3v) is 3.90. The summed E-state index contributed by atoms with van der Waals surface area (Å²) >= 11 is 0. The van der Waals surface area contributed by atoms with Crippen LogP contribution in [0.3, 0.4) is 0 Å². The summed E-state index contributed by atoms with van der Waals surface area (Å²) in [5, 5.41) is 3.42. The van der Waals surface area contributed by atoms with E-state index in [0.717, 1.165) is 23.7 Å². The highest BCUT2D eigenvalue weighted by Gasteiger charge is 2.34. The van der Waals surface area contributed by atoms with Gasteiger partial charge in [-0.2, -0.15) is 4.98 Å². The van der Waals surface area contributed by atoms with Crippen molar-refractivity contribution in [3.05, 3.63) is 24.3 Å². The van der Waals surface area contributed by atoms with Crippen molar-refractivity contribution in [1.29, 1.82) is 0 Å². The fourth-order valence-corrected chi connectivity index (χ4v) is 2.79. The predicted molar refractivity (Wildman–Crippen MR) is 70.6 cm³/mol. The lowest BCUT2D eigenvalue weighted by Gasteiger charge is -2.14. The van der Waals surface area contributed by atoms with Gasteiger partial charge in [0, 0.05) is 25.2 Å². The van der Waals surface area contributed by atoms with Crippen molar-refractivity contribution >= 4 is 17.1 Å². The molecule has 2 fully saturated rings. The molecule has 1 aromatic carbocycles. The number of nitrogens with zero attached hydrogens (tertiary/aromatic N) is 2. The summed E-state index contributed by atoms with van der Waals surface area (Å²) in [6.45, 7) is 2.34. The smallest absolute Gasteiger partial charge is 0.295 e. The molecule has 4 heteroatoms. The molecule has 1 saturated carbocycles. The van der Waals surface area contributed by atoms with E-state index < -0.39 is 0 Å². The summed E-state index contributed by atoms with van der Waals surface area (Å²) in [5.41, 5.74) is 1.79. The van der Waals surface area contributed by atoms with Crippen molar-refractivity contribution in [1.82, 2.24) is 9.88 Å². The Morgan fingerprint density at radius 2 is 2.11 bits per heavy atom. The second-order valence-corrected chi connectivity index (χ2v) is 5.34. The number of anilines is 1. The summed E-state index contributed by atoms with van der Waals surface area (Å²) in [4.78, 5) is 7.05. The van der Waals surface area contributed by atoms with Crippen LogP contribution in [0.5, 0.6) is 0 Å². The first-order valence-electron chi connectivity index (χ1n) is 6.75. The SMILES string of the molecule is c1ccc2oc(N[C@H]3CCN(C4CC4)C3)nc2c1. The van der Waals surface area contributed by atoms with Crippen molar-refractivity contribution in [2.75, 3.05) is 18.4 Å². The molecule has 94 valence electrons. The number of fused-ring (bicyclic) bond motifs is 1. The van der Waals surface area contributed by atoms with E-state index in [0.29, 0.717) is 12.1 Å². The minimum atomic E-state index is 0.485. The lowest BCUT2D eigenvalue weighted by atomic mass is 10.3. The van der Waals surface area contributed by atoms with E-state index in [1.165, 1.54) is 25.8 Å². The van der Waals surface area contributed by atoms with Gasteiger partial charge in [0.15, 0.2) is 5.58 Å². The molecule has 18 heavy (non-hydrogen) atoms. The van der Waals surface area contributed by atoms with E-state index in [4.69, 9.17) is 4.42 Å². The van der Waals surface area contributed by atoms with Crippen LogP contribution in [-0.2, 0) is 0 Å². The van der Waals surface area contributed by atoms with Gasteiger partial charge < -0.3 is 9.73 Å². The monoisotopic (exact) mass is 243 g/mol. The van der Waals surface area contributed by atoms with Crippen molar-refractivity contribution < 1.29 is 4.42 Å². The maximum atomic E-state index is 5.70. The van der Waals surface area contributed by atoms with Crippen LogP contribution < -0.4 is 5.32 Å². The van der Waals surface area contributed by atoms with Gasteiger partial charge in [0.05, 0.1) is 0 Å². The molecule has 0 amide bonds. The Balaban J connectivity index is 1.47. The van der Waals surface area contributed by atoms with E-state index >= 15 is 0 Å².